The predicted octanol–water partition coefficient (Wildman–Crippen LogP) is 4.13. The number of hydrogen-bond acceptors (Lipinski definition) is 5. The molecule has 0 saturated carbocycles. The number of imide groups is 1. The Balaban J connectivity index is 1.14. The Morgan fingerprint density at radius 2 is 1.31 bits per heavy atom. The van der Waals surface area contributed by atoms with Gasteiger partial charge in [-0.05, 0) is 48.5 Å². The summed E-state index contributed by atoms with van der Waals surface area (Å²) in [4.78, 5) is 54.1. The molecule has 0 N–H and O–H groups in total. The third kappa shape index (κ3) is 3.43. The summed E-state index contributed by atoms with van der Waals surface area (Å²) in [7, 11) is 0. The summed E-state index contributed by atoms with van der Waals surface area (Å²) < 4.78 is 6.26. The minimum Gasteiger partial charge on any atom is -0.486 e. The molecule has 0 bridgehead atoms. The first kappa shape index (κ1) is 21.3. The van der Waals surface area contributed by atoms with Crippen molar-refractivity contribution in [1.82, 2.24) is 4.90 Å². The van der Waals surface area contributed by atoms with Crippen LogP contribution in [0.2, 0.25) is 0 Å². The number of carbonyl (C=O) groups is 4. The minimum atomic E-state index is -0.572. The molecule has 3 heterocycles. The van der Waals surface area contributed by atoms with E-state index in [4.69, 9.17) is 4.74 Å². The highest BCUT2D eigenvalue weighted by molar-refractivity contribution is 6.34. The standard InChI is InChI=1S/C28H22N2O5/c31-23-17-28(35-24-8-4-3-7-22(23)24)13-15-29(16-14-28)25(32)18-9-11-19(12-10-18)30-26(33)20-5-1-2-6-21(20)27(30)34/h1-12H,13-17H2. The second kappa shape index (κ2) is 7.91. The number of amides is 3. The van der Waals surface area contributed by atoms with Gasteiger partial charge in [0.25, 0.3) is 17.7 Å². The van der Waals surface area contributed by atoms with E-state index in [0.717, 1.165) is 4.90 Å². The Kier molecular flexibility index (Phi) is 4.81. The van der Waals surface area contributed by atoms with Crippen molar-refractivity contribution in [2.45, 2.75) is 24.9 Å². The molecule has 0 unspecified atom stereocenters. The van der Waals surface area contributed by atoms with Gasteiger partial charge in [0.15, 0.2) is 5.78 Å². The van der Waals surface area contributed by atoms with Gasteiger partial charge in [-0.15, -0.1) is 0 Å². The highest BCUT2D eigenvalue weighted by Gasteiger charge is 2.43. The van der Waals surface area contributed by atoms with E-state index in [2.05, 4.69) is 0 Å². The summed E-state index contributed by atoms with van der Waals surface area (Å²) in [5.41, 5.74) is 1.72. The highest BCUT2D eigenvalue weighted by Crippen LogP contribution is 2.39. The molecule has 0 radical (unpaired) electrons. The fourth-order valence-electron chi connectivity index (χ4n) is 5.20. The van der Waals surface area contributed by atoms with Gasteiger partial charge in [-0.3, -0.25) is 19.2 Å². The van der Waals surface area contributed by atoms with Crippen LogP contribution in [0.3, 0.4) is 0 Å². The van der Waals surface area contributed by atoms with Crippen LogP contribution in [-0.2, 0) is 0 Å². The van der Waals surface area contributed by atoms with E-state index in [0.29, 0.717) is 66.0 Å². The van der Waals surface area contributed by atoms with E-state index in [1.165, 1.54) is 0 Å². The molecule has 1 spiro atoms. The lowest BCUT2D eigenvalue weighted by molar-refractivity contribution is -0.00571. The monoisotopic (exact) mass is 466 g/mol. The number of carbonyl (C=O) groups excluding carboxylic acids is 4. The number of anilines is 1. The van der Waals surface area contributed by atoms with E-state index in [1.54, 1.807) is 59.5 Å². The Labute approximate surface area is 201 Å². The predicted molar refractivity (Wildman–Crippen MR) is 128 cm³/mol. The van der Waals surface area contributed by atoms with Crippen LogP contribution in [0.15, 0.2) is 72.8 Å². The van der Waals surface area contributed by atoms with Crippen molar-refractivity contribution < 1.29 is 23.9 Å². The smallest absolute Gasteiger partial charge is 0.266 e. The third-order valence-corrected chi connectivity index (χ3v) is 7.13. The number of para-hydroxylation sites is 1. The number of rotatable bonds is 2. The maximum absolute atomic E-state index is 13.1. The molecule has 7 nitrogen and oxygen atoms in total. The van der Waals surface area contributed by atoms with Gasteiger partial charge in [0.05, 0.1) is 28.8 Å². The summed E-state index contributed by atoms with van der Waals surface area (Å²) in [6.07, 6.45) is 1.47. The number of ether oxygens (including phenoxy) is 1. The first-order chi connectivity index (χ1) is 17.0. The molecule has 7 heteroatoms. The van der Waals surface area contributed by atoms with Crippen LogP contribution in [0.1, 0.15) is 60.7 Å². The van der Waals surface area contributed by atoms with E-state index < -0.39 is 5.60 Å². The zero-order valence-corrected chi connectivity index (χ0v) is 18.9. The number of likely N-dealkylation sites (tertiary alicyclic amines) is 1. The van der Waals surface area contributed by atoms with Crippen molar-refractivity contribution >= 4 is 29.2 Å². The SMILES string of the molecule is O=C1CC2(CCN(C(=O)c3ccc(N4C(=O)c5ccccc5C4=O)cc3)CC2)Oc2ccccc21. The Morgan fingerprint density at radius 3 is 1.94 bits per heavy atom. The van der Waals surface area contributed by atoms with Crippen LogP contribution in [0.25, 0.3) is 0 Å². The van der Waals surface area contributed by atoms with Crippen LogP contribution < -0.4 is 9.64 Å². The van der Waals surface area contributed by atoms with Crippen LogP contribution >= 0.6 is 0 Å². The van der Waals surface area contributed by atoms with Gasteiger partial charge in [-0.2, -0.15) is 0 Å². The van der Waals surface area contributed by atoms with Crippen LogP contribution in [-0.4, -0.2) is 47.1 Å². The first-order valence-electron chi connectivity index (χ1n) is 11.6. The second-order valence-electron chi connectivity index (χ2n) is 9.21. The van der Waals surface area contributed by atoms with Crippen molar-refractivity contribution in [1.29, 1.82) is 0 Å². The van der Waals surface area contributed by atoms with Crippen LogP contribution in [0.4, 0.5) is 5.69 Å². The van der Waals surface area contributed by atoms with Gasteiger partial charge >= 0.3 is 0 Å². The first-order valence-corrected chi connectivity index (χ1v) is 11.6. The van der Waals surface area contributed by atoms with Crippen molar-refractivity contribution in [3.05, 3.63) is 95.1 Å². The molecule has 0 aliphatic carbocycles. The molecular weight excluding hydrogens is 444 g/mol. The van der Waals surface area contributed by atoms with Crippen molar-refractivity contribution in [2.24, 2.45) is 0 Å². The summed E-state index contributed by atoms with van der Waals surface area (Å²) in [6, 6.07) is 20.6. The molecule has 35 heavy (non-hydrogen) atoms. The van der Waals surface area contributed by atoms with Gasteiger partial charge in [0.2, 0.25) is 0 Å². The molecule has 6 rings (SSSR count). The molecule has 0 aromatic heterocycles. The van der Waals surface area contributed by atoms with E-state index in [1.807, 2.05) is 18.2 Å². The summed E-state index contributed by atoms with van der Waals surface area (Å²) in [5.74, 6) is -0.164. The molecular formula is C28H22N2O5. The number of Topliss-reactive ketones (excluding diaryl/α,β-unsaturated/α-hetero) is 1. The Morgan fingerprint density at radius 1 is 0.743 bits per heavy atom. The lowest BCUT2D eigenvalue weighted by atomic mass is 9.82. The largest absolute Gasteiger partial charge is 0.486 e. The third-order valence-electron chi connectivity index (χ3n) is 7.13. The number of ketones is 1. The van der Waals surface area contributed by atoms with Crippen molar-refractivity contribution in [2.75, 3.05) is 18.0 Å². The van der Waals surface area contributed by atoms with E-state index >= 15 is 0 Å². The molecule has 3 aromatic rings. The molecule has 174 valence electrons. The molecule has 1 saturated heterocycles. The lowest BCUT2D eigenvalue weighted by Crippen LogP contribution is -2.52. The number of benzene rings is 3. The molecule has 3 amide bonds. The fraction of sp³-hybridized carbons (Fsp3) is 0.214. The molecule has 3 aliphatic rings. The summed E-state index contributed by atoms with van der Waals surface area (Å²) in [6.45, 7) is 0.961. The lowest BCUT2D eigenvalue weighted by Gasteiger charge is -2.44. The van der Waals surface area contributed by atoms with Gasteiger partial charge < -0.3 is 9.64 Å². The fourth-order valence-corrected chi connectivity index (χ4v) is 5.20. The van der Waals surface area contributed by atoms with Gasteiger partial charge in [-0.25, -0.2) is 4.90 Å². The Bertz CT molecular complexity index is 1350. The average molecular weight is 466 g/mol. The van der Waals surface area contributed by atoms with Crippen molar-refractivity contribution in [3.63, 3.8) is 0 Å². The number of nitrogens with zero attached hydrogens (tertiary/aromatic N) is 2. The van der Waals surface area contributed by atoms with E-state index in [9.17, 15) is 19.2 Å². The topological polar surface area (TPSA) is 84.0 Å². The highest BCUT2D eigenvalue weighted by atomic mass is 16.5. The van der Waals surface area contributed by atoms with Gasteiger partial charge in [-0.1, -0.05) is 24.3 Å². The normalized spacial score (nSPS) is 18.3. The van der Waals surface area contributed by atoms with Gasteiger partial charge in [0, 0.05) is 31.5 Å². The number of hydrogen-bond donors (Lipinski definition) is 0. The zero-order chi connectivity index (χ0) is 24.2. The molecule has 3 aromatic carbocycles. The summed E-state index contributed by atoms with van der Waals surface area (Å²) in [5, 5.41) is 0. The second-order valence-corrected chi connectivity index (χ2v) is 9.21. The zero-order valence-electron chi connectivity index (χ0n) is 18.9. The maximum atomic E-state index is 13.1. The van der Waals surface area contributed by atoms with Crippen LogP contribution in [0.5, 0.6) is 5.75 Å². The van der Waals surface area contributed by atoms with Gasteiger partial charge in [0.1, 0.15) is 11.4 Å². The quantitative estimate of drug-likeness (QED) is 0.531. The molecule has 0 atom stereocenters. The number of fused-ring (bicyclic) bond motifs is 2. The summed E-state index contributed by atoms with van der Waals surface area (Å²) >= 11 is 0. The molecule has 3 aliphatic heterocycles. The Hall–Kier alpha value is -4.26. The van der Waals surface area contributed by atoms with Crippen molar-refractivity contribution in [3.8, 4) is 5.75 Å². The minimum absolute atomic E-state index is 0.0790. The molecule has 1 fully saturated rings. The number of piperidine rings is 1. The van der Waals surface area contributed by atoms with E-state index in [-0.39, 0.29) is 23.5 Å². The maximum Gasteiger partial charge on any atom is 0.266 e. The van der Waals surface area contributed by atoms with Crippen LogP contribution in [0, 0.1) is 0 Å². The average Bonchev–Trinajstić information content (AvgIpc) is 3.14.